The summed E-state index contributed by atoms with van der Waals surface area (Å²) in [6.45, 7) is 0. The third-order valence-electron chi connectivity index (χ3n) is 1.94. The van der Waals surface area contributed by atoms with Crippen molar-refractivity contribution in [3.63, 3.8) is 0 Å². The third kappa shape index (κ3) is 2.33. The van der Waals surface area contributed by atoms with Crippen LogP contribution in [0.4, 0.5) is 5.82 Å². The fourth-order valence-electron chi connectivity index (χ4n) is 1.17. The summed E-state index contributed by atoms with van der Waals surface area (Å²) in [4.78, 5) is 20.8. The van der Waals surface area contributed by atoms with Gasteiger partial charge in [-0.05, 0) is 18.2 Å². The van der Waals surface area contributed by atoms with Crippen LogP contribution in [0, 0.1) is 0 Å². The van der Waals surface area contributed by atoms with Crippen molar-refractivity contribution in [1.29, 1.82) is 0 Å². The maximum absolute atomic E-state index is 10.9. The number of aromatic hydroxyl groups is 1. The van der Waals surface area contributed by atoms with E-state index in [1.54, 1.807) is 30.3 Å². The summed E-state index contributed by atoms with van der Waals surface area (Å²) in [5.74, 6) is 0.533. The van der Waals surface area contributed by atoms with Crippen molar-refractivity contribution < 1.29 is 5.11 Å². The van der Waals surface area contributed by atoms with Crippen LogP contribution in [0.5, 0.6) is 5.75 Å². The summed E-state index contributed by atoms with van der Waals surface area (Å²) in [5.41, 5.74) is 0.132. The molecule has 16 heavy (non-hydrogen) atoms. The molecule has 0 saturated heterocycles. The molecule has 2 N–H and O–H groups in total. The molecule has 5 heteroatoms. The lowest BCUT2D eigenvalue weighted by molar-refractivity contribution is 0.474. The van der Waals surface area contributed by atoms with E-state index >= 15 is 0 Å². The average molecular weight is 215 g/mol. The molecule has 80 valence electrons. The van der Waals surface area contributed by atoms with Gasteiger partial charge in [0.15, 0.2) is 0 Å². The van der Waals surface area contributed by atoms with Gasteiger partial charge in [-0.2, -0.15) is 0 Å². The molecule has 1 aromatic carbocycles. The molecule has 0 aliphatic carbocycles. The highest BCUT2D eigenvalue weighted by atomic mass is 16.3. The maximum Gasteiger partial charge on any atom is 0.346 e. The number of aromatic amines is 1. The van der Waals surface area contributed by atoms with Crippen LogP contribution in [-0.4, -0.2) is 21.3 Å². The van der Waals surface area contributed by atoms with Crippen LogP contribution in [0.15, 0.2) is 46.3 Å². The molecule has 0 radical (unpaired) electrons. The lowest BCUT2D eigenvalue weighted by Crippen LogP contribution is -2.07. The Morgan fingerprint density at radius 2 is 2.12 bits per heavy atom. The molecule has 0 unspecified atom stereocenters. The standard InChI is InChI=1S/C11H9N3O2/c15-9-4-2-1-3-8(9)7-13-10-5-6-12-11(16)14-10/h1-7,15H,(H,12,14,16)/b13-7+. The Bertz CT molecular complexity index is 575. The molecule has 5 nitrogen and oxygen atoms in total. The highest BCUT2D eigenvalue weighted by molar-refractivity contribution is 5.84. The van der Waals surface area contributed by atoms with E-state index in [0.29, 0.717) is 11.4 Å². The molecule has 1 aromatic heterocycles. The van der Waals surface area contributed by atoms with Crippen LogP contribution in [0.2, 0.25) is 0 Å². The zero-order valence-electron chi connectivity index (χ0n) is 8.29. The molecule has 2 aromatic rings. The summed E-state index contributed by atoms with van der Waals surface area (Å²) in [7, 11) is 0. The highest BCUT2D eigenvalue weighted by Gasteiger charge is 1.95. The second-order valence-electron chi connectivity index (χ2n) is 3.08. The monoisotopic (exact) mass is 215 g/mol. The fourth-order valence-corrected chi connectivity index (χ4v) is 1.17. The van der Waals surface area contributed by atoms with Gasteiger partial charge in [0, 0.05) is 18.0 Å². The SMILES string of the molecule is O=c1nccc(/N=C/c2ccccc2O)[nH]1. The summed E-state index contributed by atoms with van der Waals surface area (Å²) >= 11 is 0. The van der Waals surface area contributed by atoms with Crippen LogP contribution in [0.25, 0.3) is 0 Å². The quantitative estimate of drug-likeness (QED) is 0.739. The highest BCUT2D eigenvalue weighted by Crippen LogP contribution is 2.14. The largest absolute Gasteiger partial charge is 0.507 e. The first-order chi connectivity index (χ1) is 7.75. The lowest BCUT2D eigenvalue weighted by Gasteiger charge is -1.96. The molecule has 0 atom stereocenters. The van der Waals surface area contributed by atoms with Gasteiger partial charge >= 0.3 is 5.69 Å². The number of nitrogens with one attached hydrogen (secondary N) is 1. The summed E-state index contributed by atoms with van der Waals surface area (Å²) < 4.78 is 0. The van der Waals surface area contributed by atoms with Crippen LogP contribution < -0.4 is 5.69 Å². The molecule has 0 aliphatic heterocycles. The Kier molecular flexibility index (Phi) is 2.77. The molecule has 0 fully saturated rings. The first-order valence-electron chi connectivity index (χ1n) is 4.63. The minimum Gasteiger partial charge on any atom is -0.507 e. The zero-order valence-corrected chi connectivity index (χ0v) is 8.29. The summed E-state index contributed by atoms with van der Waals surface area (Å²) in [6.07, 6.45) is 2.84. The first-order valence-corrected chi connectivity index (χ1v) is 4.63. The summed E-state index contributed by atoms with van der Waals surface area (Å²) in [6, 6.07) is 8.37. The Hall–Kier alpha value is -2.43. The van der Waals surface area contributed by atoms with Crippen molar-refractivity contribution in [3.8, 4) is 5.75 Å². The molecule has 2 rings (SSSR count). The van der Waals surface area contributed by atoms with Gasteiger partial charge in [0.05, 0.1) is 0 Å². The second kappa shape index (κ2) is 4.39. The van der Waals surface area contributed by atoms with Gasteiger partial charge in [-0.3, -0.25) is 4.98 Å². The van der Waals surface area contributed by atoms with E-state index in [0.717, 1.165) is 0 Å². The minimum atomic E-state index is -0.452. The number of nitrogens with zero attached hydrogens (tertiary/aromatic N) is 2. The van der Waals surface area contributed by atoms with Crippen LogP contribution in [0.3, 0.4) is 0 Å². The number of H-pyrrole nitrogens is 1. The Balaban J connectivity index is 2.28. The van der Waals surface area contributed by atoms with E-state index < -0.39 is 5.69 Å². The number of aliphatic imine (C=N–C) groups is 1. The van der Waals surface area contributed by atoms with Crippen LogP contribution in [-0.2, 0) is 0 Å². The molecule has 0 saturated carbocycles. The molecular formula is C11H9N3O2. The fraction of sp³-hybridized carbons (Fsp3) is 0. The van der Waals surface area contributed by atoms with Gasteiger partial charge in [-0.15, -0.1) is 0 Å². The molecule has 0 bridgehead atoms. The normalized spacial score (nSPS) is 10.8. The Morgan fingerprint density at radius 1 is 1.31 bits per heavy atom. The average Bonchev–Trinajstić information content (AvgIpc) is 2.28. The van der Waals surface area contributed by atoms with Crippen molar-refractivity contribution in [2.24, 2.45) is 4.99 Å². The van der Waals surface area contributed by atoms with Gasteiger partial charge < -0.3 is 5.11 Å². The van der Waals surface area contributed by atoms with Gasteiger partial charge in [0.2, 0.25) is 0 Å². The zero-order chi connectivity index (χ0) is 11.4. The Morgan fingerprint density at radius 3 is 2.88 bits per heavy atom. The van der Waals surface area contributed by atoms with E-state index in [2.05, 4.69) is 15.0 Å². The number of benzene rings is 1. The molecule has 0 amide bonds. The molecular weight excluding hydrogens is 206 g/mol. The van der Waals surface area contributed by atoms with E-state index in [1.165, 1.54) is 12.4 Å². The molecule has 1 heterocycles. The Labute approximate surface area is 91.1 Å². The number of aromatic nitrogens is 2. The molecule has 0 aliphatic rings. The van der Waals surface area contributed by atoms with Gasteiger partial charge in [-0.25, -0.2) is 14.8 Å². The van der Waals surface area contributed by atoms with E-state index in [-0.39, 0.29) is 5.75 Å². The number of hydrogen-bond acceptors (Lipinski definition) is 4. The smallest absolute Gasteiger partial charge is 0.346 e. The van der Waals surface area contributed by atoms with Crippen molar-refractivity contribution in [3.05, 3.63) is 52.6 Å². The van der Waals surface area contributed by atoms with Crippen molar-refractivity contribution in [2.45, 2.75) is 0 Å². The predicted molar refractivity (Wildman–Crippen MR) is 60.2 cm³/mol. The first kappa shape index (κ1) is 10.1. The third-order valence-corrected chi connectivity index (χ3v) is 1.94. The van der Waals surface area contributed by atoms with Gasteiger partial charge in [0.25, 0.3) is 0 Å². The minimum absolute atomic E-state index is 0.141. The van der Waals surface area contributed by atoms with E-state index in [1.807, 2.05) is 0 Å². The van der Waals surface area contributed by atoms with Crippen LogP contribution >= 0.6 is 0 Å². The number of rotatable bonds is 2. The lowest BCUT2D eigenvalue weighted by atomic mass is 10.2. The maximum atomic E-state index is 10.9. The van der Waals surface area contributed by atoms with Crippen molar-refractivity contribution in [1.82, 2.24) is 9.97 Å². The second-order valence-corrected chi connectivity index (χ2v) is 3.08. The van der Waals surface area contributed by atoms with Gasteiger partial charge in [-0.1, -0.05) is 12.1 Å². The van der Waals surface area contributed by atoms with Gasteiger partial charge in [0.1, 0.15) is 11.6 Å². The topological polar surface area (TPSA) is 78.3 Å². The number of para-hydroxylation sites is 1. The van der Waals surface area contributed by atoms with E-state index in [4.69, 9.17) is 0 Å². The van der Waals surface area contributed by atoms with Crippen molar-refractivity contribution in [2.75, 3.05) is 0 Å². The number of phenolic OH excluding ortho intramolecular Hbond substituents is 1. The van der Waals surface area contributed by atoms with Crippen molar-refractivity contribution >= 4 is 12.0 Å². The summed E-state index contributed by atoms with van der Waals surface area (Å²) in [5, 5.41) is 9.47. The predicted octanol–water partition coefficient (Wildman–Crippen LogP) is 1.23. The van der Waals surface area contributed by atoms with E-state index in [9.17, 15) is 9.90 Å². The number of hydrogen-bond donors (Lipinski definition) is 2. The number of phenols is 1. The molecule has 0 spiro atoms. The van der Waals surface area contributed by atoms with Crippen LogP contribution in [0.1, 0.15) is 5.56 Å².